The van der Waals surface area contributed by atoms with Gasteiger partial charge in [-0.3, -0.25) is 9.69 Å². The fraction of sp³-hybridized carbons (Fsp3) is 0.667. The molecule has 0 aromatic carbocycles. The number of anilines is 1. The lowest BCUT2D eigenvalue weighted by molar-refractivity contribution is -0.135. The zero-order chi connectivity index (χ0) is 15.5. The fourth-order valence-corrected chi connectivity index (χ4v) is 3.20. The van der Waals surface area contributed by atoms with Crippen LogP contribution in [0.4, 0.5) is 5.95 Å². The van der Waals surface area contributed by atoms with Crippen molar-refractivity contribution in [3.05, 3.63) is 18.5 Å². The number of aromatic nitrogens is 2. The molecule has 0 saturated carbocycles. The Kier molecular flexibility index (Phi) is 4.54. The van der Waals surface area contributed by atoms with Crippen molar-refractivity contribution in [2.24, 2.45) is 0 Å². The first-order chi connectivity index (χ1) is 10.7. The van der Waals surface area contributed by atoms with E-state index in [0.29, 0.717) is 0 Å². The first-order valence-electron chi connectivity index (χ1n) is 7.73. The number of ether oxygens (including phenoxy) is 1. The third kappa shape index (κ3) is 3.05. The van der Waals surface area contributed by atoms with Gasteiger partial charge in [0, 0.05) is 52.2 Å². The maximum absolute atomic E-state index is 12.7. The molecule has 120 valence electrons. The standard InChI is InChI=1S/C15H23N5O2/c1-18-11-12(22-2)10-13(18)14(21)19-6-8-20(9-7-19)15-16-4-3-5-17-15/h3-5,12-13H,6-11H2,1-2H3/t12-,13-/m0/s1. The van der Waals surface area contributed by atoms with Gasteiger partial charge < -0.3 is 14.5 Å². The predicted molar refractivity (Wildman–Crippen MR) is 82.7 cm³/mol. The molecule has 3 heterocycles. The smallest absolute Gasteiger partial charge is 0.240 e. The molecule has 22 heavy (non-hydrogen) atoms. The Morgan fingerprint density at radius 1 is 1.23 bits per heavy atom. The molecule has 0 aliphatic carbocycles. The van der Waals surface area contributed by atoms with Gasteiger partial charge in [0.1, 0.15) is 0 Å². The minimum atomic E-state index is -0.0514. The van der Waals surface area contributed by atoms with Crippen LogP contribution in [-0.2, 0) is 9.53 Å². The van der Waals surface area contributed by atoms with E-state index < -0.39 is 0 Å². The number of methoxy groups -OCH3 is 1. The minimum Gasteiger partial charge on any atom is -0.380 e. The topological polar surface area (TPSA) is 61.8 Å². The van der Waals surface area contributed by atoms with Gasteiger partial charge in [-0.1, -0.05) is 0 Å². The summed E-state index contributed by atoms with van der Waals surface area (Å²) in [6.07, 6.45) is 4.45. The highest BCUT2D eigenvalue weighted by molar-refractivity contribution is 5.82. The molecule has 0 bridgehead atoms. The number of likely N-dealkylation sites (tertiary alicyclic amines) is 1. The minimum absolute atomic E-state index is 0.0514. The van der Waals surface area contributed by atoms with E-state index in [0.717, 1.165) is 45.1 Å². The molecule has 0 spiro atoms. The first kappa shape index (κ1) is 15.2. The fourth-order valence-electron chi connectivity index (χ4n) is 3.20. The zero-order valence-corrected chi connectivity index (χ0v) is 13.2. The maximum atomic E-state index is 12.7. The van der Waals surface area contributed by atoms with Crippen molar-refractivity contribution >= 4 is 11.9 Å². The Bertz CT molecular complexity index is 504. The zero-order valence-electron chi connectivity index (χ0n) is 13.2. The van der Waals surface area contributed by atoms with E-state index in [1.54, 1.807) is 19.5 Å². The van der Waals surface area contributed by atoms with Gasteiger partial charge in [0.05, 0.1) is 12.1 Å². The highest BCUT2D eigenvalue weighted by atomic mass is 16.5. The van der Waals surface area contributed by atoms with Crippen LogP contribution < -0.4 is 4.90 Å². The molecule has 1 amide bonds. The van der Waals surface area contributed by atoms with Crippen LogP contribution >= 0.6 is 0 Å². The van der Waals surface area contributed by atoms with Crippen molar-refractivity contribution in [3.63, 3.8) is 0 Å². The van der Waals surface area contributed by atoms with Gasteiger partial charge in [-0.2, -0.15) is 0 Å². The average molecular weight is 305 g/mol. The number of likely N-dealkylation sites (N-methyl/N-ethyl adjacent to an activating group) is 1. The third-order valence-electron chi connectivity index (χ3n) is 4.55. The molecule has 0 N–H and O–H groups in total. The van der Waals surface area contributed by atoms with E-state index >= 15 is 0 Å². The number of nitrogens with zero attached hydrogens (tertiary/aromatic N) is 5. The molecule has 1 aromatic rings. The summed E-state index contributed by atoms with van der Waals surface area (Å²) in [5.41, 5.74) is 0. The summed E-state index contributed by atoms with van der Waals surface area (Å²) in [6.45, 7) is 3.82. The molecule has 2 saturated heterocycles. The second-order valence-electron chi connectivity index (χ2n) is 5.91. The van der Waals surface area contributed by atoms with Crippen LogP contribution in [-0.4, -0.2) is 84.7 Å². The molecular weight excluding hydrogens is 282 g/mol. The van der Waals surface area contributed by atoms with Crippen LogP contribution in [0.2, 0.25) is 0 Å². The number of hydrogen-bond donors (Lipinski definition) is 0. The molecule has 1 aromatic heterocycles. The molecule has 7 heteroatoms. The molecular formula is C15H23N5O2. The van der Waals surface area contributed by atoms with E-state index in [2.05, 4.69) is 19.8 Å². The SMILES string of the molecule is CO[C@H]1C[C@@H](C(=O)N2CCN(c3ncccn3)CC2)N(C)C1. The van der Waals surface area contributed by atoms with Crippen molar-refractivity contribution < 1.29 is 9.53 Å². The summed E-state index contributed by atoms with van der Waals surface area (Å²) in [5, 5.41) is 0. The van der Waals surface area contributed by atoms with Crippen LogP contribution in [0.5, 0.6) is 0 Å². The second-order valence-corrected chi connectivity index (χ2v) is 5.91. The number of rotatable bonds is 3. The number of hydrogen-bond acceptors (Lipinski definition) is 6. The summed E-state index contributed by atoms with van der Waals surface area (Å²) >= 11 is 0. The normalized spacial score (nSPS) is 26.5. The van der Waals surface area contributed by atoms with Crippen molar-refractivity contribution in [1.29, 1.82) is 0 Å². The van der Waals surface area contributed by atoms with E-state index in [9.17, 15) is 4.79 Å². The molecule has 3 rings (SSSR count). The van der Waals surface area contributed by atoms with Gasteiger partial charge in [-0.15, -0.1) is 0 Å². The maximum Gasteiger partial charge on any atom is 0.240 e. The Morgan fingerprint density at radius 3 is 2.50 bits per heavy atom. The van der Waals surface area contributed by atoms with Gasteiger partial charge in [0.15, 0.2) is 0 Å². The van der Waals surface area contributed by atoms with Crippen molar-refractivity contribution in [2.75, 3.05) is 51.8 Å². The van der Waals surface area contributed by atoms with Crippen LogP contribution in [0.25, 0.3) is 0 Å². The van der Waals surface area contributed by atoms with Crippen LogP contribution in [0.15, 0.2) is 18.5 Å². The van der Waals surface area contributed by atoms with E-state index in [-0.39, 0.29) is 18.1 Å². The Labute approximate surface area is 130 Å². The van der Waals surface area contributed by atoms with Crippen LogP contribution in [0.3, 0.4) is 0 Å². The van der Waals surface area contributed by atoms with E-state index in [1.165, 1.54) is 0 Å². The molecule has 2 fully saturated rings. The van der Waals surface area contributed by atoms with E-state index in [4.69, 9.17) is 4.74 Å². The van der Waals surface area contributed by atoms with Crippen molar-refractivity contribution in [2.45, 2.75) is 18.6 Å². The lowest BCUT2D eigenvalue weighted by Gasteiger charge is -2.36. The second kappa shape index (κ2) is 6.58. The number of amides is 1. The number of piperazine rings is 1. The average Bonchev–Trinajstić information content (AvgIpc) is 2.96. The summed E-state index contributed by atoms with van der Waals surface area (Å²) in [6, 6.07) is 1.76. The quantitative estimate of drug-likeness (QED) is 0.774. The van der Waals surface area contributed by atoms with E-state index in [1.807, 2.05) is 18.0 Å². The largest absolute Gasteiger partial charge is 0.380 e. The molecule has 2 aliphatic heterocycles. The number of carbonyl (C=O) groups excluding carboxylic acids is 1. The monoisotopic (exact) mass is 305 g/mol. The van der Waals surface area contributed by atoms with Gasteiger partial charge in [0.2, 0.25) is 11.9 Å². The van der Waals surface area contributed by atoms with Gasteiger partial charge in [-0.05, 0) is 19.5 Å². The summed E-state index contributed by atoms with van der Waals surface area (Å²) in [5.74, 6) is 0.961. The first-order valence-corrected chi connectivity index (χ1v) is 7.73. The number of carbonyl (C=O) groups is 1. The molecule has 0 unspecified atom stereocenters. The van der Waals surface area contributed by atoms with Crippen molar-refractivity contribution in [3.8, 4) is 0 Å². The van der Waals surface area contributed by atoms with Gasteiger partial charge >= 0.3 is 0 Å². The summed E-state index contributed by atoms with van der Waals surface area (Å²) in [7, 11) is 3.71. The van der Waals surface area contributed by atoms with Crippen LogP contribution in [0, 0.1) is 0 Å². The lowest BCUT2D eigenvalue weighted by Crippen LogP contribution is -2.53. The van der Waals surface area contributed by atoms with Gasteiger partial charge in [0.25, 0.3) is 0 Å². The highest BCUT2D eigenvalue weighted by Crippen LogP contribution is 2.21. The predicted octanol–water partition coefficient (Wildman–Crippen LogP) is -0.156. The molecule has 2 aliphatic rings. The Hall–Kier alpha value is -1.73. The van der Waals surface area contributed by atoms with Crippen LogP contribution in [0.1, 0.15) is 6.42 Å². The summed E-state index contributed by atoms with van der Waals surface area (Å²) in [4.78, 5) is 27.4. The Balaban J connectivity index is 1.56. The molecule has 0 radical (unpaired) electrons. The lowest BCUT2D eigenvalue weighted by atomic mass is 10.1. The molecule has 7 nitrogen and oxygen atoms in total. The Morgan fingerprint density at radius 2 is 1.91 bits per heavy atom. The van der Waals surface area contributed by atoms with Crippen molar-refractivity contribution in [1.82, 2.24) is 19.8 Å². The van der Waals surface area contributed by atoms with Gasteiger partial charge in [-0.25, -0.2) is 9.97 Å². The molecule has 2 atom stereocenters. The third-order valence-corrected chi connectivity index (χ3v) is 4.55. The summed E-state index contributed by atoms with van der Waals surface area (Å²) < 4.78 is 5.39. The highest BCUT2D eigenvalue weighted by Gasteiger charge is 2.37.